The SMILES string of the molecule is O=C1C=CC=CN(C(c2ccccc2)c2ccccc2)C1. The quantitative estimate of drug-likeness (QED) is 0.850. The highest BCUT2D eigenvalue weighted by atomic mass is 16.1. The third-order valence-electron chi connectivity index (χ3n) is 3.57. The summed E-state index contributed by atoms with van der Waals surface area (Å²) >= 11 is 0. The Bertz CT molecular complexity index is 619. The molecule has 104 valence electrons. The fourth-order valence-electron chi connectivity index (χ4n) is 2.63. The normalized spacial score (nSPS) is 14.5. The number of nitrogens with zero attached hydrogens (tertiary/aromatic N) is 1. The van der Waals surface area contributed by atoms with Crippen LogP contribution in [0.15, 0.2) is 85.1 Å². The Balaban J connectivity index is 2.02. The van der Waals surface area contributed by atoms with Gasteiger partial charge < -0.3 is 4.90 Å². The molecule has 2 aromatic rings. The fourth-order valence-corrected chi connectivity index (χ4v) is 2.63. The number of rotatable bonds is 3. The smallest absolute Gasteiger partial charge is 0.174 e. The molecule has 0 atom stereocenters. The largest absolute Gasteiger partial charge is 0.359 e. The lowest BCUT2D eigenvalue weighted by Gasteiger charge is -2.30. The number of hydrogen-bond donors (Lipinski definition) is 0. The highest BCUT2D eigenvalue weighted by Crippen LogP contribution is 2.29. The van der Waals surface area contributed by atoms with Crippen LogP contribution >= 0.6 is 0 Å². The zero-order valence-corrected chi connectivity index (χ0v) is 11.7. The van der Waals surface area contributed by atoms with Crippen molar-refractivity contribution in [3.05, 3.63) is 96.2 Å². The van der Waals surface area contributed by atoms with Crippen molar-refractivity contribution in [3.63, 3.8) is 0 Å². The molecule has 0 radical (unpaired) electrons. The van der Waals surface area contributed by atoms with E-state index in [0.717, 1.165) is 0 Å². The molecule has 0 aliphatic carbocycles. The second-order valence-corrected chi connectivity index (χ2v) is 5.06. The molecule has 0 unspecified atom stereocenters. The van der Waals surface area contributed by atoms with Gasteiger partial charge in [0.25, 0.3) is 0 Å². The van der Waals surface area contributed by atoms with Crippen molar-refractivity contribution >= 4 is 5.78 Å². The van der Waals surface area contributed by atoms with Gasteiger partial charge in [-0.15, -0.1) is 0 Å². The predicted molar refractivity (Wildman–Crippen MR) is 84.7 cm³/mol. The van der Waals surface area contributed by atoms with E-state index in [-0.39, 0.29) is 11.8 Å². The minimum Gasteiger partial charge on any atom is -0.359 e. The number of allylic oxidation sites excluding steroid dienone is 2. The van der Waals surface area contributed by atoms with Crippen LogP contribution in [0.2, 0.25) is 0 Å². The van der Waals surface area contributed by atoms with Gasteiger partial charge in [0.15, 0.2) is 5.78 Å². The summed E-state index contributed by atoms with van der Waals surface area (Å²) < 4.78 is 0. The van der Waals surface area contributed by atoms with Crippen molar-refractivity contribution in [1.29, 1.82) is 0 Å². The first-order chi connectivity index (χ1) is 10.3. The van der Waals surface area contributed by atoms with Crippen LogP contribution in [0.1, 0.15) is 17.2 Å². The van der Waals surface area contributed by atoms with E-state index >= 15 is 0 Å². The molecule has 0 saturated heterocycles. The molecule has 0 amide bonds. The van der Waals surface area contributed by atoms with Crippen LogP contribution in [0.4, 0.5) is 0 Å². The average Bonchev–Trinajstić information content (AvgIpc) is 2.74. The second-order valence-electron chi connectivity index (χ2n) is 5.06. The highest BCUT2D eigenvalue weighted by molar-refractivity contribution is 5.92. The van der Waals surface area contributed by atoms with Crippen LogP contribution < -0.4 is 0 Å². The van der Waals surface area contributed by atoms with Crippen LogP contribution in [-0.4, -0.2) is 17.2 Å². The van der Waals surface area contributed by atoms with Crippen molar-refractivity contribution in [2.24, 2.45) is 0 Å². The van der Waals surface area contributed by atoms with Crippen LogP contribution in [0, 0.1) is 0 Å². The Morgan fingerprint density at radius 3 is 1.95 bits per heavy atom. The minimum atomic E-state index is 0.0486. The lowest BCUT2D eigenvalue weighted by molar-refractivity contribution is -0.115. The molecule has 1 aliphatic heterocycles. The molecule has 2 aromatic carbocycles. The summed E-state index contributed by atoms with van der Waals surface area (Å²) in [7, 11) is 0. The molecule has 0 bridgehead atoms. The summed E-state index contributed by atoms with van der Waals surface area (Å²) in [5.41, 5.74) is 2.37. The van der Waals surface area contributed by atoms with Gasteiger partial charge >= 0.3 is 0 Å². The third-order valence-corrected chi connectivity index (χ3v) is 3.57. The van der Waals surface area contributed by atoms with Crippen molar-refractivity contribution in [2.75, 3.05) is 6.54 Å². The average molecular weight is 275 g/mol. The molecule has 0 aromatic heterocycles. The van der Waals surface area contributed by atoms with E-state index in [9.17, 15) is 4.79 Å². The molecule has 3 rings (SSSR count). The van der Waals surface area contributed by atoms with Crippen LogP contribution in [0.3, 0.4) is 0 Å². The Labute approximate surface area is 125 Å². The van der Waals surface area contributed by atoms with E-state index in [0.29, 0.717) is 6.54 Å². The van der Waals surface area contributed by atoms with Gasteiger partial charge in [0.05, 0.1) is 12.6 Å². The number of ketones is 1. The standard InChI is InChI=1S/C19H17NO/c21-18-13-7-8-14-20(15-18)19(16-9-3-1-4-10-16)17-11-5-2-6-12-17/h1-14,19H,15H2. The molecule has 0 fully saturated rings. The lowest BCUT2D eigenvalue weighted by Crippen LogP contribution is -2.28. The van der Waals surface area contributed by atoms with E-state index in [4.69, 9.17) is 0 Å². The summed E-state index contributed by atoms with van der Waals surface area (Å²) in [6.45, 7) is 0.390. The van der Waals surface area contributed by atoms with Crippen molar-refractivity contribution in [1.82, 2.24) is 4.90 Å². The molecule has 0 spiro atoms. The maximum atomic E-state index is 11.9. The zero-order valence-electron chi connectivity index (χ0n) is 11.7. The first kappa shape index (κ1) is 13.4. The first-order valence-electron chi connectivity index (χ1n) is 7.08. The van der Waals surface area contributed by atoms with Gasteiger partial charge in [0.2, 0.25) is 0 Å². The lowest BCUT2D eigenvalue weighted by atomic mass is 9.97. The summed E-state index contributed by atoms with van der Waals surface area (Å²) in [5.74, 6) is 0.122. The molecule has 1 heterocycles. The Morgan fingerprint density at radius 1 is 0.810 bits per heavy atom. The summed E-state index contributed by atoms with van der Waals surface area (Å²) in [4.78, 5) is 14.0. The molecule has 0 saturated carbocycles. The molecule has 1 aliphatic rings. The van der Waals surface area contributed by atoms with Crippen molar-refractivity contribution in [2.45, 2.75) is 6.04 Å². The van der Waals surface area contributed by atoms with Crippen molar-refractivity contribution in [3.8, 4) is 0 Å². The minimum absolute atomic E-state index is 0.0486. The Hall–Kier alpha value is -2.61. The number of carbonyl (C=O) groups is 1. The Kier molecular flexibility index (Phi) is 3.97. The third kappa shape index (κ3) is 3.11. The number of hydrogen-bond acceptors (Lipinski definition) is 2. The van der Waals surface area contributed by atoms with E-state index in [1.165, 1.54) is 11.1 Å². The van der Waals surface area contributed by atoms with Crippen molar-refractivity contribution < 1.29 is 4.79 Å². The number of carbonyl (C=O) groups excluding carboxylic acids is 1. The van der Waals surface area contributed by atoms with E-state index in [1.54, 1.807) is 12.2 Å². The highest BCUT2D eigenvalue weighted by Gasteiger charge is 2.21. The van der Waals surface area contributed by atoms with Gasteiger partial charge in [-0.1, -0.05) is 66.7 Å². The van der Waals surface area contributed by atoms with E-state index < -0.39 is 0 Å². The van der Waals surface area contributed by atoms with Gasteiger partial charge in [-0.25, -0.2) is 0 Å². The summed E-state index contributed by atoms with van der Waals surface area (Å²) in [6.07, 6.45) is 7.34. The molecule has 2 nitrogen and oxygen atoms in total. The van der Waals surface area contributed by atoms with Gasteiger partial charge in [-0.2, -0.15) is 0 Å². The second kappa shape index (κ2) is 6.23. The van der Waals surface area contributed by atoms with E-state index in [2.05, 4.69) is 29.2 Å². The van der Waals surface area contributed by atoms with E-state index in [1.807, 2.05) is 48.7 Å². The maximum Gasteiger partial charge on any atom is 0.174 e. The molecule has 2 heteroatoms. The molecular weight excluding hydrogens is 258 g/mol. The topological polar surface area (TPSA) is 20.3 Å². The monoisotopic (exact) mass is 275 g/mol. The van der Waals surface area contributed by atoms with Crippen LogP contribution in [0.5, 0.6) is 0 Å². The maximum absolute atomic E-state index is 11.9. The van der Waals surface area contributed by atoms with Gasteiger partial charge in [0.1, 0.15) is 0 Å². The number of benzene rings is 2. The van der Waals surface area contributed by atoms with Crippen LogP contribution in [0.25, 0.3) is 0 Å². The Morgan fingerprint density at radius 2 is 1.38 bits per heavy atom. The summed E-state index contributed by atoms with van der Waals surface area (Å²) in [6, 6.07) is 20.6. The molecule has 0 N–H and O–H groups in total. The summed E-state index contributed by atoms with van der Waals surface area (Å²) in [5, 5.41) is 0. The van der Waals surface area contributed by atoms with Gasteiger partial charge in [-0.3, -0.25) is 4.79 Å². The molecular formula is C19H17NO. The first-order valence-corrected chi connectivity index (χ1v) is 7.08. The van der Waals surface area contributed by atoms with Gasteiger partial charge in [-0.05, 0) is 23.3 Å². The zero-order chi connectivity index (χ0) is 14.5. The fraction of sp³-hybridized carbons (Fsp3) is 0.105. The van der Waals surface area contributed by atoms with Gasteiger partial charge in [0, 0.05) is 6.20 Å². The van der Waals surface area contributed by atoms with Crippen LogP contribution in [-0.2, 0) is 4.79 Å². The predicted octanol–water partition coefficient (Wildman–Crippen LogP) is 3.73. The molecule has 21 heavy (non-hydrogen) atoms.